The molecule has 1 aromatic rings. The van der Waals surface area contributed by atoms with Crippen LogP contribution in [0.25, 0.3) is 0 Å². The van der Waals surface area contributed by atoms with Gasteiger partial charge in [-0.05, 0) is 31.0 Å². The van der Waals surface area contributed by atoms with Crippen molar-refractivity contribution >= 4 is 21.6 Å². The molecule has 0 aliphatic carbocycles. The first kappa shape index (κ1) is 18.4. The van der Waals surface area contributed by atoms with Crippen LogP contribution in [0.5, 0.6) is 0 Å². The molecular formula is C15H25N3O3S. The van der Waals surface area contributed by atoms with Crippen LogP contribution in [0.4, 0.5) is 5.69 Å². The molecule has 6 nitrogen and oxygen atoms in total. The van der Waals surface area contributed by atoms with Crippen molar-refractivity contribution in [1.29, 1.82) is 0 Å². The van der Waals surface area contributed by atoms with Gasteiger partial charge in [-0.25, -0.2) is 13.1 Å². The van der Waals surface area contributed by atoms with Crippen LogP contribution < -0.4 is 14.9 Å². The van der Waals surface area contributed by atoms with Gasteiger partial charge in [0.15, 0.2) is 0 Å². The van der Waals surface area contributed by atoms with Gasteiger partial charge in [0.2, 0.25) is 15.9 Å². The first-order valence-corrected chi connectivity index (χ1v) is 9.07. The third kappa shape index (κ3) is 7.42. The maximum atomic E-state index is 11.7. The lowest BCUT2D eigenvalue weighted by molar-refractivity contribution is -0.121. The van der Waals surface area contributed by atoms with Crippen LogP contribution in [0.3, 0.4) is 0 Å². The molecule has 0 bridgehead atoms. The van der Waals surface area contributed by atoms with Crippen LogP contribution >= 0.6 is 0 Å². The molecule has 0 spiro atoms. The number of rotatable bonds is 8. The fourth-order valence-corrected chi connectivity index (χ4v) is 2.50. The van der Waals surface area contributed by atoms with Gasteiger partial charge in [0.05, 0.1) is 6.26 Å². The Morgan fingerprint density at radius 3 is 2.32 bits per heavy atom. The van der Waals surface area contributed by atoms with Gasteiger partial charge in [-0.2, -0.15) is 0 Å². The third-order valence-corrected chi connectivity index (χ3v) is 3.85. The second-order valence-electron chi connectivity index (χ2n) is 5.65. The standard InChI is InChI=1S/C15H25N3O3S/c1-12(17-15(19)9-10-16-22(4,20)21)11-13-5-7-14(8-6-13)18(2)3/h5-8,12,16H,9-11H2,1-4H3,(H,17,19)/t12-/m1/s1. The summed E-state index contributed by atoms with van der Waals surface area (Å²) in [7, 11) is 0.735. The van der Waals surface area contributed by atoms with Crippen LogP contribution in [-0.2, 0) is 21.2 Å². The molecule has 2 N–H and O–H groups in total. The molecule has 0 saturated heterocycles. The largest absolute Gasteiger partial charge is 0.378 e. The van der Waals surface area contributed by atoms with E-state index in [1.54, 1.807) is 0 Å². The van der Waals surface area contributed by atoms with Gasteiger partial charge in [-0.1, -0.05) is 12.1 Å². The Balaban J connectivity index is 2.38. The molecule has 124 valence electrons. The van der Waals surface area contributed by atoms with Crippen molar-refractivity contribution in [2.45, 2.75) is 25.8 Å². The Bertz CT molecular complexity index is 583. The predicted octanol–water partition coefficient (Wildman–Crippen LogP) is 0.739. The van der Waals surface area contributed by atoms with E-state index in [2.05, 4.69) is 10.0 Å². The number of carbonyl (C=O) groups excluding carboxylic acids is 1. The molecule has 0 aliphatic heterocycles. The molecule has 1 rings (SSSR count). The number of nitrogens with one attached hydrogen (secondary N) is 2. The second kappa shape index (κ2) is 8.14. The zero-order valence-corrected chi connectivity index (χ0v) is 14.4. The van der Waals surface area contributed by atoms with Crippen LogP contribution in [0.15, 0.2) is 24.3 Å². The van der Waals surface area contributed by atoms with E-state index in [1.807, 2.05) is 50.2 Å². The summed E-state index contributed by atoms with van der Waals surface area (Å²) in [5, 5.41) is 2.87. The van der Waals surface area contributed by atoms with Gasteiger partial charge in [-0.15, -0.1) is 0 Å². The summed E-state index contributed by atoms with van der Waals surface area (Å²) in [5.41, 5.74) is 2.28. The minimum atomic E-state index is -3.24. The molecule has 1 amide bonds. The van der Waals surface area contributed by atoms with Gasteiger partial charge in [0, 0.05) is 38.8 Å². The van der Waals surface area contributed by atoms with E-state index in [0.717, 1.165) is 23.9 Å². The minimum Gasteiger partial charge on any atom is -0.378 e. The molecule has 0 aromatic heterocycles. The molecule has 0 fully saturated rings. The highest BCUT2D eigenvalue weighted by molar-refractivity contribution is 7.88. The summed E-state index contributed by atoms with van der Waals surface area (Å²) < 4.78 is 24.1. The quantitative estimate of drug-likeness (QED) is 0.738. The Labute approximate surface area is 132 Å². The smallest absolute Gasteiger partial charge is 0.221 e. The molecule has 1 atom stereocenters. The van der Waals surface area contributed by atoms with E-state index in [9.17, 15) is 13.2 Å². The first-order valence-electron chi connectivity index (χ1n) is 7.17. The lowest BCUT2D eigenvalue weighted by atomic mass is 10.1. The first-order chi connectivity index (χ1) is 10.2. The number of hydrogen-bond acceptors (Lipinski definition) is 4. The second-order valence-corrected chi connectivity index (χ2v) is 7.48. The van der Waals surface area contributed by atoms with Gasteiger partial charge in [-0.3, -0.25) is 4.79 Å². The number of anilines is 1. The lowest BCUT2D eigenvalue weighted by Crippen LogP contribution is -2.36. The highest BCUT2D eigenvalue weighted by Gasteiger charge is 2.09. The van der Waals surface area contributed by atoms with E-state index < -0.39 is 10.0 Å². The summed E-state index contributed by atoms with van der Waals surface area (Å²) in [5.74, 6) is -0.159. The number of sulfonamides is 1. The summed E-state index contributed by atoms with van der Waals surface area (Å²) in [6.07, 6.45) is 1.95. The number of benzene rings is 1. The highest BCUT2D eigenvalue weighted by atomic mass is 32.2. The van der Waals surface area contributed by atoms with E-state index in [0.29, 0.717) is 0 Å². The molecule has 0 heterocycles. The molecule has 0 saturated carbocycles. The molecule has 0 unspecified atom stereocenters. The number of amides is 1. The monoisotopic (exact) mass is 327 g/mol. The molecule has 0 radical (unpaired) electrons. The molecule has 1 aromatic carbocycles. The van der Waals surface area contributed by atoms with Crippen molar-refractivity contribution in [3.63, 3.8) is 0 Å². The SMILES string of the molecule is C[C@H](Cc1ccc(N(C)C)cc1)NC(=O)CCNS(C)(=O)=O. The number of carbonyl (C=O) groups is 1. The predicted molar refractivity (Wildman–Crippen MR) is 89.5 cm³/mol. The van der Waals surface area contributed by atoms with Crippen molar-refractivity contribution in [2.24, 2.45) is 0 Å². The Morgan fingerprint density at radius 2 is 1.82 bits per heavy atom. The molecular weight excluding hydrogens is 302 g/mol. The van der Waals surface area contributed by atoms with Crippen molar-refractivity contribution in [2.75, 3.05) is 31.8 Å². The van der Waals surface area contributed by atoms with Crippen molar-refractivity contribution in [1.82, 2.24) is 10.0 Å². The van der Waals surface area contributed by atoms with Gasteiger partial charge in [0.1, 0.15) is 0 Å². The van der Waals surface area contributed by atoms with Gasteiger partial charge in [0.25, 0.3) is 0 Å². The summed E-state index contributed by atoms with van der Waals surface area (Å²) >= 11 is 0. The lowest BCUT2D eigenvalue weighted by Gasteiger charge is -2.16. The van der Waals surface area contributed by atoms with Crippen LogP contribution in [-0.4, -0.2) is 47.3 Å². The van der Waals surface area contributed by atoms with E-state index in [1.165, 1.54) is 0 Å². The fraction of sp³-hybridized carbons (Fsp3) is 0.533. The van der Waals surface area contributed by atoms with Crippen molar-refractivity contribution in [3.05, 3.63) is 29.8 Å². The molecule has 0 aliphatic rings. The Hall–Kier alpha value is -1.60. The summed E-state index contributed by atoms with van der Waals surface area (Å²) in [6, 6.07) is 8.17. The van der Waals surface area contributed by atoms with Crippen molar-refractivity contribution in [3.8, 4) is 0 Å². The van der Waals surface area contributed by atoms with Crippen LogP contribution in [0, 0.1) is 0 Å². The molecule has 22 heavy (non-hydrogen) atoms. The zero-order chi connectivity index (χ0) is 16.8. The normalized spacial score (nSPS) is 12.7. The van der Waals surface area contributed by atoms with E-state index >= 15 is 0 Å². The molecule has 7 heteroatoms. The third-order valence-electron chi connectivity index (χ3n) is 3.12. The van der Waals surface area contributed by atoms with Gasteiger partial charge >= 0.3 is 0 Å². The van der Waals surface area contributed by atoms with E-state index in [-0.39, 0.29) is 24.9 Å². The Kier molecular flexibility index (Phi) is 6.83. The van der Waals surface area contributed by atoms with Crippen LogP contribution in [0.1, 0.15) is 18.9 Å². The topological polar surface area (TPSA) is 78.5 Å². The summed E-state index contributed by atoms with van der Waals surface area (Å²) in [4.78, 5) is 13.8. The Morgan fingerprint density at radius 1 is 1.23 bits per heavy atom. The zero-order valence-electron chi connectivity index (χ0n) is 13.6. The maximum Gasteiger partial charge on any atom is 0.221 e. The summed E-state index contributed by atoms with van der Waals surface area (Å²) in [6.45, 7) is 2.05. The minimum absolute atomic E-state index is 0.00376. The average Bonchev–Trinajstić information content (AvgIpc) is 2.37. The maximum absolute atomic E-state index is 11.7. The highest BCUT2D eigenvalue weighted by Crippen LogP contribution is 2.13. The fourth-order valence-electron chi connectivity index (χ4n) is 2.03. The van der Waals surface area contributed by atoms with E-state index in [4.69, 9.17) is 0 Å². The van der Waals surface area contributed by atoms with Gasteiger partial charge < -0.3 is 10.2 Å². The van der Waals surface area contributed by atoms with Crippen LogP contribution in [0.2, 0.25) is 0 Å². The number of nitrogens with zero attached hydrogens (tertiary/aromatic N) is 1. The average molecular weight is 327 g/mol. The van der Waals surface area contributed by atoms with Crippen molar-refractivity contribution < 1.29 is 13.2 Å². The number of hydrogen-bond donors (Lipinski definition) is 2.